The summed E-state index contributed by atoms with van der Waals surface area (Å²) in [4.78, 5) is 0.0986. The molecule has 0 amide bonds. The first-order valence-corrected chi connectivity index (χ1v) is 8.67. The fourth-order valence-corrected chi connectivity index (χ4v) is 3.36. The van der Waals surface area contributed by atoms with Gasteiger partial charge in [-0.2, -0.15) is 0 Å². The fraction of sp³-hybridized carbons (Fsp3) is 0.571. The van der Waals surface area contributed by atoms with E-state index in [4.69, 9.17) is 4.74 Å². The van der Waals surface area contributed by atoms with E-state index < -0.39 is 23.1 Å². The lowest BCUT2D eigenvalue weighted by molar-refractivity contribution is 0.0819. The predicted molar refractivity (Wildman–Crippen MR) is 86.0 cm³/mol. The lowest BCUT2D eigenvalue weighted by Crippen LogP contribution is -2.26. The molecule has 1 heterocycles. The number of ether oxygens (including phenoxy) is 1. The first-order valence-electron chi connectivity index (χ1n) is 7.19. The number of halogens is 3. The van der Waals surface area contributed by atoms with Crippen LogP contribution in [0.25, 0.3) is 0 Å². The van der Waals surface area contributed by atoms with Gasteiger partial charge in [-0.3, -0.25) is 0 Å². The monoisotopic (exact) mass is 370 g/mol. The van der Waals surface area contributed by atoms with Crippen molar-refractivity contribution in [2.75, 3.05) is 26.2 Å². The minimum absolute atomic E-state index is 0. The van der Waals surface area contributed by atoms with E-state index in [2.05, 4.69) is 10.0 Å². The molecule has 2 rings (SSSR count). The summed E-state index contributed by atoms with van der Waals surface area (Å²) < 4.78 is 55.6. The predicted octanol–water partition coefficient (Wildman–Crippen LogP) is 2.03. The number of nitrogens with one attached hydrogen (secondary N) is 2. The van der Waals surface area contributed by atoms with Crippen molar-refractivity contribution in [1.29, 1.82) is 0 Å². The molecule has 0 aliphatic carbocycles. The zero-order valence-electron chi connectivity index (χ0n) is 12.5. The number of alkyl halides is 2. The number of benzene rings is 1. The van der Waals surface area contributed by atoms with Gasteiger partial charge in [-0.15, -0.1) is 12.4 Å². The molecular weight excluding hydrogens is 350 g/mol. The summed E-state index contributed by atoms with van der Waals surface area (Å²) in [6.45, 7) is 1.59. The minimum atomic E-state index is -3.57. The van der Waals surface area contributed by atoms with Crippen LogP contribution in [0.3, 0.4) is 0 Å². The molecule has 132 valence electrons. The SMILES string of the molecule is Cl.O=S(=O)(NCCC1CCNC1)c1ccc(OCC(F)F)cc1. The van der Waals surface area contributed by atoms with Gasteiger partial charge in [-0.05, 0) is 56.1 Å². The summed E-state index contributed by atoms with van der Waals surface area (Å²) in [7, 11) is -3.57. The average Bonchev–Trinajstić information content (AvgIpc) is 2.98. The molecule has 23 heavy (non-hydrogen) atoms. The van der Waals surface area contributed by atoms with Crippen LogP contribution in [0.2, 0.25) is 0 Å². The van der Waals surface area contributed by atoms with Gasteiger partial charge in [0.25, 0.3) is 6.43 Å². The third kappa shape index (κ3) is 6.58. The molecule has 1 aromatic rings. The quantitative estimate of drug-likeness (QED) is 0.734. The summed E-state index contributed by atoms with van der Waals surface area (Å²) in [6.07, 6.45) is -0.699. The van der Waals surface area contributed by atoms with Gasteiger partial charge >= 0.3 is 0 Å². The van der Waals surface area contributed by atoms with E-state index in [-0.39, 0.29) is 23.1 Å². The summed E-state index contributed by atoms with van der Waals surface area (Å²) in [5, 5.41) is 3.23. The Kier molecular flexibility index (Phi) is 8.18. The van der Waals surface area contributed by atoms with Crippen LogP contribution in [-0.2, 0) is 10.0 Å². The second-order valence-corrected chi connectivity index (χ2v) is 6.99. The second kappa shape index (κ2) is 9.36. The summed E-state index contributed by atoms with van der Waals surface area (Å²) in [6, 6.07) is 5.44. The Bertz CT molecular complexity index is 564. The maximum absolute atomic E-state index is 12.1. The normalized spacial score (nSPS) is 18.0. The summed E-state index contributed by atoms with van der Waals surface area (Å²) in [5.74, 6) is 0.726. The van der Waals surface area contributed by atoms with Gasteiger partial charge in [0.2, 0.25) is 10.0 Å². The van der Waals surface area contributed by atoms with Crippen LogP contribution in [-0.4, -0.2) is 41.1 Å². The summed E-state index contributed by atoms with van der Waals surface area (Å²) >= 11 is 0. The van der Waals surface area contributed by atoms with Crippen molar-refractivity contribution < 1.29 is 21.9 Å². The standard InChI is InChI=1S/C14H20F2N2O3S.ClH/c15-14(16)10-21-12-1-3-13(4-2-12)22(19,20)18-8-6-11-5-7-17-9-11;/h1-4,11,14,17-18H,5-10H2;1H. The van der Waals surface area contributed by atoms with Gasteiger partial charge in [-0.1, -0.05) is 0 Å². The molecule has 0 saturated carbocycles. The molecule has 0 radical (unpaired) electrons. The van der Waals surface area contributed by atoms with Crippen LogP contribution >= 0.6 is 12.4 Å². The minimum Gasteiger partial charge on any atom is -0.488 e. The summed E-state index contributed by atoms with van der Waals surface area (Å²) in [5.41, 5.74) is 0. The van der Waals surface area contributed by atoms with Gasteiger partial charge in [0.1, 0.15) is 12.4 Å². The van der Waals surface area contributed by atoms with Crippen molar-refractivity contribution in [2.24, 2.45) is 5.92 Å². The van der Waals surface area contributed by atoms with Gasteiger partial charge in [-0.25, -0.2) is 21.9 Å². The molecular formula is C14H21ClF2N2O3S. The van der Waals surface area contributed by atoms with E-state index in [1.165, 1.54) is 24.3 Å². The van der Waals surface area contributed by atoms with Gasteiger partial charge in [0.15, 0.2) is 0 Å². The second-order valence-electron chi connectivity index (χ2n) is 5.22. The Hall–Kier alpha value is -0.960. The first-order chi connectivity index (χ1) is 10.5. The molecule has 0 bridgehead atoms. The van der Waals surface area contributed by atoms with Gasteiger partial charge in [0.05, 0.1) is 4.90 Å². The smallest absolute Gasteiger partial charge is 0.272 e. The van der Waals surface area contributed by atoms with Crippen LogP contribution in [0.4, 0.5) is 8.78 Å². The first kappa shape index (κ1) is 20.1. The number of sulfonamides is 1. The van der Waals surface area contributed by atoms with Crippen molar-refractivity contribution >= 4 is 22.4 Å². The third-order valence-corrected chi connectivity index (χ3v) is 4.99. The van der Waals surface area contributed by atoms with E-state index in [0.717, 1.165) is 25.9 Å². The molecule has 1 saturated heterocycles. The maximum Gasteiger partial charge on any atom is 0.272 e. The Morgan fingerprint density at radius 2 is 2.00 bits per heavy atom. The number of hydrogen-bond donors (Lipinski definition) is 2. The molecule has 9 heteroatoms. The van der Waals surface area contributed by atoms with E-state index in [1.807, 2.05) is 0 Å². The molecule has 5 nitrogen and oxygen atoms in total. The molecule has 2 N–H and O–H groups in total. The maximum atomic E-state index is 12.1. The molecule has 0 aromatic heterocycles. The van der Waals surface area contributed by atoms with Crippen LogP contribution in [0.1, 0.15) is 12.8 Å². The highest BCUT2D eigenvalue weighted by atomic mass is 35.5. The zero-order valence-corrected chi connectivity index (χ0v) is 14.1. The van der Waals surface area contributed by atoms with Crippen LogP contribution in [0, 0.1) is 5.92 Å². The van der Waals surface area contributed by atoms with E-state index in [0.29, 0.717) is 12.5 Å². The van der Waals surface area contributed by atoms with Crippen molar-refractivity contribution in [2.45, 2.75) is 24.2 Å². The van der Waals surface area contributed by atoms with Crippen molar-refractivity contribution in [3.8, 4) is 5.75 Å². The van der Waals surface area contributed by atoms with E-state index >= 15 is 0 Å². The topological polar surface area (TPSA) is 67.4 Å². The molecule has 1 aromatic carbocycles. The highest BCUT2D eigenvalue weighted by Crippen LogP contribution is 2.17. The zero-order chi connectivity index (χ0) is 16.0. The molecule has 1 aliphatic heterocycles. The number of hydrogen-bond acceptors (Lipinski definition) is 4. The van der Waals surface area contributed by atoms with Gasteiger partial charge in [0, 0.05) is 6.54 Å². The third-order valence-electron chi connectivity index (χ3n) is 3.52. The van der Waals surface area contributed by atoms with Crippen molar-refractivity contribution in [3.05, 3.63) is 24.3 Å². The van der Waals surface area contributed by atoms with Crippen LogP contribution in [0.5, 0.6) is 5.75 Å². The van der Waals surface area contributed by atoms with Crippen molar-refractivity contribution in [3.63, 3.8) is 0 Å². The van der Waals surface area contributed by atoms with Crippen LogP contribution < -0.4 is 14.8 Å². The lowest BCUT2D eigenvalue weighted by Gasteiger charge is -2.11. The Morgan fingerprint density at radius 1 is 1.30 bits per heavy atom. The number of rotatable bonds is 8. The fourth-order valence-electron chi connectivity index (χ4n) is 2.32. The molecule has 1 atom stereocenters. The van der Waals surface area contributed by atoms with E-state index in [9.17, 15) is 17.2 Å². The van der Waals surface area contributed by atoms with Crippen molar-refractivity contribution in [1.82, 2.24) is 10.0 Å². The van der Waals surface area contributed by atoms with Crippen LogP contribution in [0.15, 0.2) is 29.2 Å². The largest absolute Gasteiger partial charge is 0.488 e. The highest BCUT2D eigenvalue weighted by molar-refractivity contribution is 7.89. The van der Waals surface area contributed by atoms with Gasteiger partial charge < -0.3 is 10.1 Å². The Morgan fingerprint density at radius 3 is 2.57 bits per heavy atom. The highest BCUT2D eigenvalue weighted by Gasteiger charge is 2.17. The molecule has 1 unspecified atom stereocenters. The Labute approximate surface area is 141 Å². The van der Waals surface area contributed by atoms with E-state index in [1.54, 1.807) is 0 Å². The molecule has 0 spiro atoms. The Balaban J connectivity index is 0.00000264. The lowest BCUT2D eigenvalue weighted by atomic mass is 10.1. The molecule has 1 fully saturated rings. The molecule has 1 aliphatic rings. The average molecular weight is 371 g/mol.